The number of hydrogen-bond acceptors (Lipinski definition) is 9. The van der Waals surface area contributed by atoms with Crippen LogP contribution in [0.3, 0.4) is 0 Å². The van der Waals surface area contributed by atoms with Crippen LogP contribution in [0.1, 0.15) is 55.9 Å². The third-order valence-corrected chi connectivity index (χ3v) is 5.78. The Morgan fingerprint density at radius 1 is 1.12 bits per heavy atom. The summed E-state index contributed by atoms with van der Waals surface area (Å²) in [7, 11) is 4.73. The molecule has 41 heavy (non-hydrogen) atoms. The minimum atomic E-state index is -1.44. The molecule has 0 radical (unpaired) electrons. The fourth-order valence-corrected chi connectivity index (χ4v) is 3.18. The molecule has 0 fully saturated rings. The van der Waals surface area contributed by atoms with Gasteiger partial charge >= 0.3 is 0 Å². The average molecular weight is 599 g/mol. The number of likely N-dealkylation sites (N-methyl/N-ethyl adjacent to an activating group) is 1. The molecule has 1 unspecified atom stereocenters. The van der Waals surface area contributed by atoms with Crippen LogP contribution in [0.5, 0.6) is 17.2 Å². The summed E-state index contributed by atoms with van der Waals surface area (Å²) in [4.78, 5) is 15.9. The zero-order chi connectivity index (χ0) is 31.4. The summed E-state index contributed by atoms with van der Waals surface area (Å²) < 4.78 is 29.1. The largest absolute Gasteiger partial charge is 0.495 e. The third kappa shape index (κ3) is 13.0. The van der Waals surface area contributed by atoms with E-state index in [4.69, 9.17) is 30.9 Å². The number of rotatable bonds is 14. The van der Waals surface area contributed by atoms with Gasteiger partial charge in [0.15, 0.2) is 17.3 Å². The minimum absolute atomic E-state index is 0.0143. The fourth-order valence-electron chi connectivity index (χ4n) is 3.11. The summed E-state index contributed by atoms with van der Waals surface area (Å²) >= 11 is 5.71. The van der Waals surface area contributed by atoms with E-state index in [-0.39, 0.29) is 30.6 Å². The zero-order valence-electron chi connectivity index (χ0n) is 25.0. The molecule has 11 heteroatoms. The molecule has 1 heterocycles. The summed E-state index contributed by atoms with van der Waals surface area (Å²) in [6.45, 7) is 7.18. The van der Waals surface area contributed by atoms with Gasteiger partial charge in [-0.15, -0.1) is 0 Å². The highest BCUT2D eigenvalue weighted by Crippen LogP contribution is 2.28. The first-order valence-electron chi connectivity index (χ1n) is 13.3. The first-order chi connectivity index (χ1) is 19.6. The number of aliphatic hydroxyl groups excluding tert-OH is 2. The number of aromatic nitrogens is 1. The molecule has 0 aliphatic heterocycles. The zero-order valence-corrected chi connectivity index (χ0v) is 25.7. The van der Waals surface area contributed by atoms with Crippen LogP contribution >= 0.6 is 11.6 Å². The molecule has 0 aliphatic rings. The number of ether oxygens (including phenoxy) is 3. The minimum Gasteiger partial charge on any atom is -0.495 e. The second-order valence-electron chi connectivity index (χ2n) is 8.38. The van der Waals surface area contributed by atoms with Crippen LogP contribution in [-0.4, -0.2) is 73.7 Å². The molecular formula is C30H44ClFN2O7. The maximum atomic E-state index is 13.5. The number of aliphatic hydroxyl groups is 3. The molecule has 2 rings (SSSR count). The van der Waals surface area contributed by atoms with E-state index in [1.165, 1.54) is 27.2 Å². The quantitative estimate of drug-likeness (QED) is 0.180. The van der Waals surface area contributed by atoms with Crippen LogP contribution in [0.15, 0.2) is 53.3 Å². The van der Waals surface area contributed by atoms with E-state index in [2.05, 4.69) is 10.3 Å². The van der Waals surface area contributed by atoms with Crippen LogP contribution in [-0.2, 0) is 12.0 Å². The molecule has 0 saturated carbocycles. The maximum absolute atomic E-state index is 13.5. The summed E-state index contributed by atoms with van der Waals surface area (Å²) in [6.07, 6.45) is 3.59. The van der Waals surface area contributed by atoms with Gasteiger partial charge < -0.3 is 34.8 Å². The number of halogens is 2. The SMILES string of the molecule is CC.CC/C(Cl)=C(F)\C=C/Cc1nc(C(C)(O)CO)ccc1OC.CNCC(=O)c1ccc(OCCO)c(OC)c1. The standard InChI is InChI=1S/C16H21ClFNO3.C12H17NO4.C2H6/c1-4-11(17)12(18)6-5-7-13-14(22-3)8-9-15(19-13)16(2,21)10-20;1-13-8-10(15)9-3-4-11(17-6-5-14)12(7-9)16-2;1-2/h5-6,8-9,20-21H,4,7,10H2,1-3H3;3-4,7,13-14H,5-6,8H2,1-2H3;1-2H3/b6-5-,12-11-;;. The highest BCUT2D eigenvalue weighted by Gasteiger charge is 2.24. The van der Waals surface area contributed by atoms with Crippen molar-refractivity contribution < 1.29 is 38.7 Å². The van der Waals surface area contributed by atoms with E-state index in [9.17, 15) is 19.4 Å². The molecule has 0 amide bonds. The summed E-state index contributed by atoms with van der Waals surface area (Å²) in [6, 6.07) is 8.20. The van der Waals surface area contributed by atoms with Gasteiger partial charge in [-0.1, -0.05) is 38.4 Å². The van der Waals surface area contributed by atoms with Crippen LogP contribution in [0.2, 0.25) is 0 Å². The first kappa shape index (κ1) is 38.0. The van der Waals surface area contributed by atoms with Crippen molar-refractivity contribution in [2.24, 2.45) is 0 Å². The van der Waals surface area contributed by atoms with Crippen LogP contribution in [0.25, 0.3) is 0 Å². The number of nitrogens with zero attached hydrogens (tertiary/aromatic N) is 1. The van der Waals surface area contributed by atoms with Gasteiger partial charge in [0.1, 0.15) is 23.8 Å². The predicted octanol–water partition coefficient (Wildman–Crippen LogP) is 4.71. The lowest BCUT2D eigenvalue weighted by Crippen LogP contribution is -2.27. The van der Waals surface area contributed by atoms with Crippen LogP contribution < -0.4 is 19.5 Å². The smallest absolute Gasteiger partial charge is 0.176 e. The monoisotopic (exact) mass is 598 g/mol. The summed E-state index contributed by atoms with van der Waals surface area (Å²) in [5.41, 5.74) is -0.0266. The van der Waals surface area contributed by atoms with Crippen molar-refractivity contribution >= 4 is 17.4 Å². The molecule has 1 atom stereocenters. The Hall–Kier alpha value is -3.02. The number of methoxy groups -OCH3 is 2. The van der Waals surface area contributed by atoms with E-state index in [0.717, 1.165) is 0 Å². The van der Waals surface area contributed by atoms with Crippen molar-refractivity contribution in [2.45, 2.75) is 46.1 Å². The van der Waals surface area contributed by atoms with Crippen molar-refractivity contribution in [1.29, 1.82) is 0 Å². The molecule has 4 N–H and O–H groups in total. The van der Waals surface area contributed by atoms with Crippen molar-refractivity contribution in [1.82, 2.24) is 10.3 Å². The molecule has 0 spiro atoms. The lowest BCUT2D eigenvalue weighted by molar-refractivity contribution is -0.00603. The Balaban J connectivity index is 0.000000757. The highest BCUT2D eigenvalue weighted by atomic mass is 35.5. The molecule has 230 valence electrons. The van der Waals surface area contributed by atoms with Crippen molar-refractivity contribution in [2.75, 3.05) is 47.6 Å². The number of allylic oxidation sites excluding steroid dienone is 4. The Bertz CT molecular complexity index is 1120. The molecule has 1 aromatic carbocycles. The second kappa shape index (κ2) is 20.8. The van der Waals surface area contributed by atoms with Gasteiger partial charge in [0.2, 0.25) is 0 Å². The topological polar surface area (TPSA) is 130 Å². The molecular weight excluding hydrogens is 555 g/mol. The first-order valence-corrected chi connectivity index (χ1v) is 13.6. The second-order valence-corrected chi connectivity index (χ2v) is 8.84. The molecule has 0 aliphatic carbocycles. The Labute approximate surface area is 247 Å². The highest BCUT2D eigenvalue weighted by molar-refractivity contribution is 6.29. The van der Waals surface area contributed by atoms with Crippen molar-refractivity contribution in [3.05, 3.63) is 70.3 Å². The van der Waals surface area contributed by atoms with E-state index >= 15 is 0 Å². The van der Waals surface area contributed by atoms with Gasteiger partial charge in [-0.3, -0.25) is 9.78 Å². The lowest BCUT2D eigenvalue weighted by atomic mass is 10.0. The van der Waals surface area contributed by atoms with Crippen LogP contribution in [0.4, 0.5) is 4.39 Å². The number of nitrogens with one attached hydrogen (secondary N) is 1. The molecule has 9 nitrogen and oxygen atoms in total. The molecule has 0 saturated heterocycles. The normalized spacial score (nSPS) is 12.7. The summed E-state index contributed by atoms with van der Waals surface area (Å²) in [5, 5.41) is 30.9. The van der Waals surface area contributed by atoms with Gasteiger partial charge in [-0.2, -0.15) is 0 Å². The van der Waals surface area contributed by atoms with Gasteiger partial charge in [0.25, 0.3) is 0 Å². The summed E-state index contributed by atoms with van der Waals surface area (Å²) in [5.74, 6) is 1.03. The number of hydrogen-bond donors (Lipinski definition) is 4. The average Bonchev–Trinajstić information content (AvgIpc) is 3.00. The number of ketones is 1. The van der Waals surface area contributed by atoms with Gasteiger partial charge in [-0.25, -0.2) is 4.39 Å². The number of carbonyl (C=O) groups is 1. The van der Waals surface area contributed by atoms with E-state index < -0.39 is 18.0 Å². The van der Waals surface area contributed by atoms with Crippen molar-refractivity contribution in [3.63, 3.8) is 0 Å². The van der Waals surface area contributed by atoms with E-state index in [1.807, 2.05) is 13.8 Å². The maximum Gasteiger partial charge on any atom is 0.176 e. The predicted molar refractivity (Wildman–Crippen MR) is 160 cm³/mol. The lowest BCUT2D eigenvalue weighted by Gasteiger charge is -2.20. The Kier molecular flexibility index (Phi) is 19.3. The van der Waals surface area contributed by atoms with Gasteiger partial charge in [0.05, 0.1) is 50.4 Å². The number of pyridine rings is 1. The Morgan fingerprint density at radius 2 is 1.76 bits per heavy atom. The third-order valence-electron chi connectivity index (χ3n) is 5.33. The number of benzene rings is 1. The van der Waals surface area contributed by atoms with E-state index in [0.29, 0.717) is 47.0 Å². The van der Waals surface area contributed by atoms with Gasteiger partial charge in [-0.05, 0) is 56.8 Å². The number of carbonyl (C=O) groups excluding carboxylic acids is 1. The molecule has 0 bridgehead atoms. The Morgan fingerprint density at radius 3 is 2.29 bits per heavy atom. The van der Waals surface area contributed by atoms with Crippen LogP contribution in [0, 0.1) is 0 Å². The van der Waals surface area contributed by atoms with E-state index in [1.54, 1.807) is 50.4 Å². The molecule has 1 aromatic heterocycles. The van der Waals surface area contributed by atoms with Gasteiger partial charge in [0, 0.05) is 12.0 Å². The molecule has 2 aromatic rings. The number of Topliss-reactive ketones (excluding diaryl/α,β-unsaturated/α-hetero) is 1. The fraction of sp³-hybridized carbons (Fsp3) is 0.467. The van der Waals surface area contributed by atoms with Crippen molar-refractivity contribution in [3.8, 4) is 17.2 Å².